The Bertz CT molecular complexity index is 462. The minimum absolute atomic E-state index is 0.590. The first-order valence-corrected chi connectivity index (χ1v) is 8.44. The van der Waals surface area contributed by atoms with Crippen molar-refractivity contribution >= 4 is 5.69 Å². The van der Waals surface area contributed by atoms with Gasteiger partial charge in [0.2, 0.25) is 0 Å². The molecule has 0 aliphatic carbocycles. The summed E-state index contributed by atoms with van der Waals surface area (Å²) in [6.07, 6.45) is 7.87. The van der Waals surface area contributed by atoms with Crippen LogP contribution in [0.3, 0.4) is 0 Å². The van der Waals surface area contributed by atoms with E-state index in [0.29, 0.717) is 6.04 Å². The summed E-state index contributed by atoms with van der Waals surface area (Å²) in [7, 11) is 0. The van der Waals surface area contributed by atoms with Crippen molar-refractivity contribution in [2.45, 2.75) is 51.7 Å². The van der Waals surface area contributed by atoms with E-state index in [9.17, 15) is 0 Å². The lowest BCUT2D eigenvalue weighted by Crippen LogP contribution is -2.55. The summed E-state index contributed by atoms with van der Waals surface area (Å²) in [4.78, 5) is 9.62. The smallest absolute Gasteiger partial charge is 0.0446 e. The summed E-state index contributed by atoms with van der Waals surface area (Å²) >= 11 is 0. The third-order valence-electron chi connectivity index (χ3n) is 4.87. The van der Waals surface area contributed by atoms with Gasteiger partial charge in [-0.15, -0.1) is 0 Å². The Labute approximate surface area is 128 Å². The number of rotatable bonds is 5. The summed E-state index contributed by atoms with van der Waals surface area (Å²) in [6.45, 7) is 10.2. The van der Waals surface area contributed by atoms with Crippen LogP contribution < -0.4 is 10.2 Å². The van der Waals surface area contributed by atoms with E-state index in [1.54, 1.807) is 0 Å². The number of fused-ring (bicyclic) bond motifs is 1. The fourth-order valence-electron chi connectivity index (χ4n) is 3.76. The number of piperazine rings is 1. The molecule has 4 nitrogen and oxygen atoms in total. The van der Waals surface area contributed by atoms with Gasteiger partial charge in [-0.05, 0) is 45.3 Å². The molecule has 1 N–H and O–H groups in total. The van der Waals surface area contributed by atoms with Gasteiger partial charge in [0.25, 0.3) is 0 Å². The molecule has 0 amide bonds. The molecule has 3 heterocycles. The molecule has 0 radical (unpaired) electrons. The molecule has 1 aromatic rings. The highest BCUT2D eigenvalue weighted by molar-refractivity contribution is 5.53. The predicted octanol–water partition coefficient (Wildman–Crippen LogP) is 2.25. The zero-order valence-electron chi connectivity index (χ0n) is 13.4. The molecule has 0 saturated carbocycles. The average Bonchev–Trinajstić information content (AvgIpc) is 2.94. The van der Waals surface area contributed by atoms with Crippen LogP contribution in [0.15, 0.2) is 18.5 Å². The maximum atomic E-state index is 4.33. The minimum Gasteiger partial charge on any atom is -0.366 e. The summed E-state index contributed by atoms with van der Waals surface area (Å²) in [5.41, 5.74) is 2.72. The van der Waals surface area contributed by atoms with Crippen molar-refractivity contribution in [1.29, 1.82) is 0 Å². The Morgan fingerprint density at radius 3 is 3.14 bits per heavy atom. The second kappa shape index (κ2) is 6.75. The Morgan fingerprint density at radius 2 is 2.29 bits per heavy atom. The SMILES string of the molecule is CCCNCc1cnccc1N1CC2CCCN2CC1C. The first-order chi connectivity index (χ1) is 10.3. The monoisotopic (exact) mass is 288 g/mol. The third kappa shape index (κ3) is 3.22. The number of pyridine rings is 1. The fraction of sp³-hybridized carbons (Fsp3) is 0.706. The molecular formula is C17H28N4. The molecule has 2 unspecified atom stereocenters. The van der Waals surface area contributed by atoms with E-state index in [2.05, 4.69) is 40.0 Å². The van der Waals surface area contributed by atoms with E-state index in [-0.39, 0.29) is 0 Å². The predicted molar refractivity (Wildman–Crippen MR) is 87.6 cm³/mol. The van der Waals surface area contributed by atoms with Crippen LogP contribution in [0.25, 0.3) is 0 Å². The first kappa shape index (κ1) is 14.8. The molecule has 2 aliphatic heterocycles. The van der Waals surface area contributed by atoms with Crippen LogP contribution >= 0.6 is 0 Å². The standard InChI is InChI=1S/C17H28N4/c1-3-7-18-10-15-11-19-8-6-17(15)21-13-16-5-4-9-20(16)12-14(21)2/h6,8,11,14,16,18H,3-5,7,9-10,12-13H2,1-2H3. The lowest BCUT2D eigenvalue weighted by molar-refractivity contribution is 0.202. The second-order valence-electron chi connectivity index (χ2n) is 6.47. The zero-order valence-corrected chi connectivity index (χ0v) is 13.4. The molecule has 0 aromatic carbocycles. The molecule has 0 spiro atoms. The van der Waals surface area contributed by atoms with Gasteiger partial charge in [-0.25, -0.2) is 0 Å². The highest BCUT2D eigenvalue weighted by Crippen LogP contribution is 2.30. The average molecular weight is 288 g/mol. The number of nitrogens with one attached hydrogen (secondary N) is 1. The maximum Gasteiger partial charge on any atom is 0.0446 e. The molecule has 116 valence electrons. The van der Waals surface area contributed by atoms with Crippen LogP contribution in [0, 0.1) is 0 Å². The van der Waals surface area contributed by atoms with Crippen molar-refractivity contribution in [1.82, 2.24) is 15.2 Å². The highest BCUT2D eigenvalue weighted by Gasteiger charge is 2.34. The molecular weight excluding hydrogens is 260 g/mol. The summed E-state index contributed by atoms with van der Waals surface area (Å²) in [6, 6.07) is 3.54. The largest absolute Gasteiger partial charge is 0.366 e. The fourth-order valence-corrected chi connectivity index (χ4v) is 3.76. The van der Waals surface area contributed by atoms with Crippen molar-refractivity contribution < 1.29 is 0 Å². The van der Waals surface area contributed by atoms with Crippen molar-refractivity contribution in [3.63, 3.8) is 0 Å². The molecule has 2 saturated heterocycles. The van der Waals surface area contributed by atoms with Crippen molar-refractivity contribution in [2.75, 3.05) is 31.1 Å². The summed E-state index contributed by atoms with van der Waals surface area (Å²) in [5.74, 6) is 0. The van der Waals surface area contributed by atoms with Gasteiger partial charge >= 0.3 is 0 Å². The molecule has 21 heavy (non-hydrogen) atoms. The molecule has 2 aliphatic rings. The third-order valence-corrected chi connectivity index (χ3v) is 4.87. The van der Waals surface area contributed by atoms with E-state index in [1.807, 2.05) is 12.4 Å². The number of hydrogen-bond acceptors (Lipinski definition) is 4. The molecule has 0 bridgehead atoms. The molecule has 2 atom stereocenters. The molecule has 4 heteroatoms. The van der Waals surface area contributed by atoms with Crippen LogP contribution in [0.1, 0.15) is 38.7 Å². The van der Waals surface area contributed by atoms with Gasteiger partial charge in [-0.2, -0.15) is 0 Å². The van der Waals surface area contributed by atoms with Crippen molar-refractivity contribution in [3.05, 3.63) is 24.0 Å². The van der Waals surface area contributed by atoms with E-state index >= 15 is 0 Å². The van der Waals surface area contributed by atoms with Gasteiger partial charge in [0.1, 0.15) is 0 Å². The van der Waals surface area contributed by atoms with Gasteiger partial charge < -0.3 is 10.2 Å². The van der Waals surface area contributed by atoms with Gasteiger partial charge in [0.15, 0.2) is 0 Å². The van der Waals surface area contributed by atoms with Crippen LogP contribution in [0.5, 0.6) is 0 Å². The maximum absolute atomic E-state index is 4.33. The van der Waals surface area contributed by atoms with E-state index in [4.69, 9.17) is 0 Å². The van der Waals surface area contributed by atoms with Gasteiger partial charge in [0, 0.05) is 55.4 Å². The molecule has 1 aromatic heterocycles. The Morgan fingerprint density at radius 1 is 1.38 bits per heavy atom. The molecule has 3 rings (SSSR count). The van der Waals surface area contributed by atoms with Crippen LogP contribution in [-0.2, 0) is 6.54 Å². The van der Waals surface area contributed by atoms with Crippen LogP contribution in [-0.4, -0.2) is 48.1 Å². The van der Waals surface area contributed by atoms with Gasteiger partial charge in [-0.3, -0.25) is 9.88 Å². The van der Waals surface area contributed by atoms with Crippen molar-refractivity contribution in [2.24, 2.45) is 0 Å². The summed E-state index contributed by atoms with van der Waals surface area (Å²) in [5, 5.41) is 3.51. The Kier molecular flexibility index (Phi) is 4.76. The zero-order chi connectivity index (χ0) is 14.7. The lowest BCUT2D eigenvalue weighted by Gasteiger charge is -2.44. The highest BCUT2D eigenvalue weighted by atomic mass is 15.3. The minimum atomic E-state index is 0.590. The second-order valence-corrected chi connectivity index (χ2v) is 6.47. The topological polar surface area (TPSA) is 31.4 Å². The first-order valence-electron chi connectivity index (χ1n) is 8.44. The number of hydrogen-bond donors (Lipinski definition) is 1. The van der Waals surface area contributed by atoms with Gasteiger partial charge in [0.05, 0.1) is 0 Å². The number of anilines is 1. The number of nitrogens with zero attached hydrogens (tertiary/aromatic N) is 3. The Hall–Kier alpha value is -1.13. The quantitative estimate of drug-likeness (QED) is 0.842. The van der Waals surface area contributed by atoms with E-state index in [0.717, 1.165) is 19.1 Å². The summed E-state index contributed by atoms with van der Waals surface area (Å²) < 4.78 is 0. The van der Waals surface area contributed by atoms with Crippen molar-refractivity contribution in [3.8, 4) is 0 Å². The van der Waals surface area contributed by atoms with E-state index in [1.165, 1.54) is 50.1 Å². The van der Waals surface area contributed by atoms with Gasteiger partial charge in [-0.1, -0.05) is 6.92 Å². The Balaban J connectivity index is 1.75. The van der Waals surface area contributed by atoms with Crippen LogP contribution in [0.2, 0.25) is 0 Å². The van der Waals surface area contributed by atoms with E-state index < -0.39 is 0 Å². The normalized spacial score (nSPS) is 26.1. The lowest BCUT2D eigenvalue weighted by atomic mass is 10.1. The molecule has 2 fully saturated rings. The number of aromatic nitrogens is 1. The van der Waals surface area contributed by atoms with Crippen LogP contribution in [0.4, 0.5) is 5.69 Å².